The van der Waals surface area contributed by atoms with Crippen LogP contribution in [0.15, 0.2) is 36.4 Å². The highest BCUT2D eigenvalue weighted by atomic mass is 19.1. The van der Waals surface area contributed by atoms with E-state index in [9.17, 15) is 18.7 Å². The lowest BCUT2D eigenvalue weighted by Gasteiger charge is -2.24. The van der Waals surface area contributed by atoms with Gasteiger partial charge in [-0.3, -0.25) is 4.79 Å². The zero-order chi connectivity index (χ0) is 17.3. The topological polar surface area (TPSA) is 67.8 Å². The Balaban J connectivity index is 1.71. The smallest absolute Gasteiger partial charge is 0.254 e. The van der Waals surface area contributed by atoms with Crippen molar-refractivity contribution in [2.75, 3.05) is 13.3 Å². The first-order valence-corrected chi connectivity index (χ1v) is 7.22. The molecule has 1 aliphatic rings. The predicted molar refractivity (Wildman–Crippen MR) is 80.8 cm³/mol. The summed E-state index contributed by atoms with van der Waals surface area (Å²) in [5.74, 6) is -1.39. The Kier molecular flexibility index (Phi) is 4.11. The molecule has 0 aromatic heterocycles. The van der Waals surface area contributed by atoms with E-state index in [2.05, 4.69) is 5.32 Å². The fourth-order valence-electron chi connectivity index (χ4n) is 2.35. The lowest BCUT2D eigenvalue weighted by Crippen LogP contribution is -2.38. The summed E-state index contributed by atoms with van der Waals surface area (Å²) in [5, 5.41) is 13.0. The van der Waals surface area contributed by atoms with E-state index in [4.69, 9.17) is 9.47 Å². The number of benzene rings is 2. The largest absolute Gasteiger partial charge is 0.454 e. The average Bonchev–Trinajstić information content (AvgIpc) is 3.00. The van der Waals surface area contributed by atoms with E-state index in [1.165, 1.54) is 6.92 Å². The molecule has 0 fully saturated rings. The molecule has 7 heteroatoms. The first kappa shape index (κ1) is 16.2. The predicted octanol–water partition coefficient (Wildman–Crippen LogP) is 2.33. The van der Waals surface area contributed by atoms with Gasteiger partial charge in [-0.25, -0.2) is 8.78 Å². The number of carbonyl (C=O) groups is 1. The zero-order valence-electron chi connectivity index (χ0n) is 12.8. The maximum Gasteiger partial charge on any atom is 0.254 e. The van der Waals surface area contributed by atoms with E-state index in [0.29, 0.717) is 23.1 Å². The summed E-state index contributed by atoms with van der Waals surface area (Å²) in [5.41, 5.74) is -1.20. The minimum atomic E-state index is -1.41. The summed E-state index contributed by atoms with van der Waals surface area (Å²) >= 11 is 0. The van der Waals surface area contributed by atoms with Crippen LogP contribution in [-0.2, 0) is 5.60 Å². The molecule has 0 unspecified atom stereocenters. The van der Waals surface area contributed by atoms with Gasteiger partial charge in [0.15, 0.2) is 11.5 Å². The van der Waals surface area contributed by atoms with Crippen molar-refractivity contribution in [3.05, 3.63) is 59.2 Å². The van der Waals surface area contributed by atoms with E-state index >= 15 is 0 Å². The summed E-state index contributed by atoms with van der Waals surface area (Å²) in [4.78, 5) is 12.0. The number of ether oxygens (including phenoxy) is 2. The minimum Gasteiger partial charge on any atom is -0.454 e. The molecule has 1 heterocycles. The van der Waals surface area contributed by atoms with E-state index in [0.717, 1.165) is 12.1 Å². The van der Waals surface area contributed by atoms with Crippen LogP contribution in [0.25, 0.3) is 0 Å². The second-order valence-electron chi connectivity index (χ2n) is 5.65. The first-order chi connectivity index (χ1) is 11.4. The Morgan fingerprint density at radius 1 is 1.21 bits per heavy atom. The van der Waals surface area contributed by atoms with Crippen molar-refractivity contribution in [3.63, 3.8) is 0 Å². The lowest BCUT2D eigenvalue weighted by atomic mass is 9.95. The molecule has 2 aromatic rings. The molecular weight excluding hydrogens is 320 g/mol. The average molecular weight is 335 g/mol. The van der Waals surface area contributed by atoms with Crippen LogP contribution in [0.4, 0.5) is 8.78 Å². The van der Waals surface area contributed by atoms with Crippen LogP contribution in [0.3, 0.4) is 0 Å². The highest BCUT2D eigenvalue weighted by Gasteiger charge is 2.27. The van der Waals surface area contributed by atoms with E-state index in [1.54, 1.807) is 18.2 Å². The highest BCUT2D eigenvalue weighted by molar-refractivity contribution is 5.94. The number of amides is 1. The van der Waals surface area contributed by atoms with Crippen LogP contribution in [0, 0.1) is 11.6 Å². The standard InChI is InChI=1S/C17H15F2NO4/c1-17(22,10-2-5-14-15(6-10)24-9-23-14)8-20-16(21)12-4-3-11(18)7-13(12)19/h2-7,22H,8-9H2,1H3,(H,20,21)/t17-/m0/s1. The SMILES string of the molecule is C[C@](O)(CNC(=O)c1ccc(F)cc1F)c1ccc2c(c1)OCO2. The summed E-state index contributed by atoms with van der Waals surface area (Å²) in [6.45, 7) is 1.45. The van der Waals surface area contributed by atoms with Gasteiger partial charge in [-0.15, -0.1) is 0 Å². The van der Waals surface area contributed by atoms with Gasteiger partial charge in [-0.2, -0.15) is 0 Å². The van der Waals surface area contributed by atoms with Crippen LogP contribution < -0.4 is 14.8 Å². The van der Waals surface area contributed by atoms with Crippen molar-refractivity contribution in [2.45, 2.75) is 12.5 Å². The first-order valence-electron chi connectivity index (χ1n) is 7.22. The molecule has 5 nitrogen and oxygen atoms in total. The molecule has 24 heavy (non-hydrogen) atoms. The number of hydrogen-bond donors (Lipinski definition) is 2. The molecule has 2 N–H and O–H groups in total. The zero-order valence-corrected chi connectivity index (χ0v) is 12.8. The number of hydrogen-bond acceptors (Lipinski definition) is 4. The molecule has 1 aliphatic heterocycles. The highest BCUT2D eigenvalue weighted by Crippen LogP contribution is 2.35. The quantitative estimate of drug-likeness (QED) is 0.900. The monoisotopic (exact) mass is 335 g/mol. The van der Waals surface area contributed by atoms with E-state index < -0.39 is 23.1 Å². The van der Waals surface area contributed by atoms with Crippen LogP contribution >= 0.6 is 0 Å². The molecule has 1 amide bonds. The van der Waals surface area contributed by atoms with Gasteiger partial charge in [0.1, 0.15) is 17.2 Å². The van der Waals surface area contributed by atoms with Gasteiger partial charge in [0, 0.05) is 6.07 Å². The third kappa shape index (κ3) is 3.16. The lowest BCUT2D eigenvalue weighted by molar-refractivity contribution is 0.0523. The molecule has 2 aromatic carbocycles. The van der Waals surface area contributed by atoms with Crippen molar-refractivity contribution in [2.24, 2.45) is 0 Å². The number of aliphatic hydroxyl groups is 1. The molecule has 0 saturated carbocycles. The second-order valence-corrected chi connectivity index (χ2v) is 5.65. The molecule has 126 valence electrons. The van der Waals surface area contributed by atoms with Gasteiger partial charge in [0.25, 0.3) is 5.91 Å². The summed E-state index contributed by atoms with van der Waals surface area (Å²) in [6, 6.07) is 7.60. The fourth-order valence-corrected chi connectivity index (χ4v) is 2.35. The normalized spacial score (nSPS) is 15.0. The molecule has 0 radical (unpaired) electrons. The Labute approximate surface area is 136 Å². The van der Waals surface area contributed by atoms with Crippen LogP contribution in [-0.4, -0.2) is 24.4 Å². The number of fused-ring (bicyclic) bond motifs is 1. The minimum absolute atomic E-state index is 0.113. The third-order valence-corrected chi connectivity index (χ3v) is 3.76. The second kappa shape index (κ2) is 6.09. The van der Waals surface area contributed by atoms with E-state index in [1.807, 2.05) is 0 Å². The number of nitrogens with one attached hydrogen (secondary N) is 1. The summed E-state index contributed by atoms with van der Waals surface area (Å²) in [6.07, 6.45) is 0. The number of halogens is 2. The van der Waals surface area contributed by atoms with Crippen molar-refractivity contribution in [1.82, 2.24) is 5.32 Å². The molecule has 0 bridgehead atoms. The maximum absolute atomic E-state index is 13.6. The van der Waals surface area contributed by atoms with Crippen molar-refractivity contribution < 1.29 is 28.2 Å². The Hall–Kier alpha value is -2.67. The Morgan fingerprint density at radius 2 is 1.96 bits per heavy atom. The third-order valence-electron chi connectivity index (χ3n) is 3.76. The van der Waals surface area contributed by atoms with Crippen molar-refractivity contribution in [3.8, 4) is 11.5 Å². The maximum atomic E-state index is 13.6. The van der Waals surface area contributed by atoms with Crippen LogP contribution in [0.5, 0.6) is 11.5 Å². The van der Waals surface area contributed by atoms with Gasteiger partial charge in [-0.05, 0) is 36.8 Å². The summed E-state index contributed by atoms with van der Waals surface area (Å²) < 4.78 is 36.9. The molecular formula is C17H15F2NO4. The molecule has 0 aliphatic carbocycles. The molecule has 0 spiro atoms. The van der Waals surface area contributed by atoms with Gasteiger partial charge < -0.3 is 19.9 Å². The van der Waals surface area contributed by atoms with Crippen molar-refractivity contribution in [1.29, 1.82) is 0 Å². The van der Waals surface area contributed by atoms with Gasteiger partial charge in [-0.1, -0.05) is 6.07 Å². The van der Waals surface area contributed by atoms with Gasteiger partial charge >= 0.3 is 0 Å². The number of rotatable bonds is 4. The fraction of sp³-hybridized carbons (Fsp3) is 0.235. The van der Waals surface area contributed by atoms with E-state index in [-0.39, 0.29) is 18.9 Å². The van der Waals surface area contributed by atoms with Gasteiger partial charge in [0.05, 0.1) is 12.1 Å². The Morgan fingerprint density at radius 3 is 2.71 bits per heavy atom. The summed E-state index contributed by atoms with van der Waals surface area (Å²) in [7, 11) is 0. The van der Waals surface area contributed by atoms with Crippen LogP contribution in [0.2, 0.25) is 0 Å². The molecule has 1 atom stereocenters. The Bertz CT molecular complexity index is 792. The molecule has 0 saturated heterocycles. The van der Waals surface area contributed by atoms with Crippen molar-refractivity contribution >= 4 is 5.91 Å². The van der Waals surface area contributed by atoms with Crippen LogP contribution in [0.1, 0.15) is 22.8 Å². The molecule has 3 rings (SSSR count). The number of carbonyl (C=O) groups excluding carboxylic acids is 1. The van der Waals surface area contributed by atoms with Gasteiger partial charge in [0.2, 0.25) is 6.79 Å².